The van der Waals surface area contributed by atoms with Crippen LogP contribution in [0, 0.1) is 0 Å². The van der Waals surface area contributed by atoms with E-state index in [1.165, 1.54) is 0 Å². The number of halogens is 1. The second kappa shape index (κ2) is 9.64. The Labute approximate surface area is 79.4 Å². The fourth-order valence-electron chi connectivity index (χ4n) is 0.200. The van der Waals surface area contributed by atoms with Crippen molar-refractivity contribution in [2.45, 2.75) is 6.92 Å². The Balaban J connectivity index is 0. The highest BCUT2D eigenvalue weighted by atomic mass is 79.9. The molecule has 0 aliphatic rings. The smallest absolute Gasteiger partial charge is 0.316 e. The maximum Gasteiger partial charge on any atom is 0.316 e. The molecule has 0 saturated carbocycles. The first kappa shape index (κ1) is 13.2. The van der Waals surface area contributed by atoms with Crippen LogP contribution in [0.15, 0.2) is 0 Å². The summed E-state index contributed by atoms with van der Waals surface area (Å²) < 4.78 is 4.51. The van der Waals surface area contributed by atoms with Crippen LogP contribution < -0.4 is 11.5 Å². The first-order chi connectivity index (χ1) is 5.04. The molecule has 0 saturated heterocycles. The van der Waals surface area contributed by atoms with Crippen LogP contribution in [0.1, 0.15) is 6.92 Å². The number of rotatable bonds is 2. The van der Waals surface area contributed by atoms with Gasteiger partial charge in [-0.2, -0.15) is 0 Å². The Morgan fingerprint density at radius 2 is 2.00 bits per heavy atom. The van der Waals surface area contributed by atoms with Gasteiger partial charge in [0.15, 0.2) is 5.11 Å². The van der Waals surface area contributed by atoms with E-state index >= 15 is 0 Å². The molecule has 0 amide bonds. The lowest BCUT2D eigenvalue weighted by Crippen LogP contribution is -2.18. The van der Waals surface area contributed by atoms with Gasteiger partial charge < -0.3 is 16.2 Å². The van der Waals surface area contributed by atoms with Crippen molar-refractivity contribution in [2.24, 2.45) is 11.5 Å². The fraction of sp³-hybridized carbons (Fsp3) is 0.600. The van der Waals surface area contributed by atoms with Crippen LogP contribution in [-0.4, -0.2) is 23.0 Å². The van der Waals surface area contributed by atoms with Crippen LogP contribution in [0.4, 0.5) is 0 Å². The topological polar surface area (TPSA) is 78.3 Å². The molecule has 0 spiro atoms. The zero-order valence-electron chi connectivity index (χ0n) is 6.17. The number of esters is 1. The lowest BCUT2D eigenvalue weighted by molar-refractivity contribution is -0.139. The SMILES string of the molecule is CCOC(=O)CBr.NC(N)=S. The van der Waals surface area contributed by atoms with E-state index in [1.807, 2.05) is 0 Å². The van der Waals surface area contributed by atoms with Crippen LogP contribution in [0.25, 0.3) is 0 Å². The predicted octanol–water partition coefficient (Wildman–Crippen LogP) is 0.133. The molecule has 0 aliphatic carbocycles. The summed E-state index contributed by atoms with van der Waals surface area (Å²) in [5, 5.41) is 0.293. The van der Waals surface area contributed by atoms with Gasteiger partial charge in [0, 0.05) is 0 Å². The van der Waals surface area contributed by atoms with Crippen molar-refractivity contribution in [1.82, 2.24) is 0 Å². The summed E-state index contributed by atoms with van der Waals surface area (Å²) in [6, 6.07) is 0. The molecule has 0 unspecified atom stereocenters. The number of ether oxygens (including phenoxy) is 1. The fourth-order valence-corrected chi connectivity index (χ4v) is 0.361. The zero-order chi connectivity index (χ0) is 9.28. The molecule has 0 rings (SSSR count). The third kappa shape index (κ3) is 26.1. The van der Waals surface area contributed by atoms with Gasteiger partial charge in [0.2, 0.25) is 0 Å². The summed E-state index contributed by atoms with van der Waals surface area (Å²) in [5.41, 5.74) is 9.24. The molecule has 0 aliphatic heterocycles. The molecule has 0 bridgehead atoms. The third-order valence-corrected chi connectivity index (χ3v) is 0.872. The van der Waals surface area contributed by atoms with E-state index in [-0.39, 0.29) is 11.1 Å². The largest absolute Gasteiger partial charge is 0.465 e. The normalized spacial score (nSPS) is 7.45. The van der Waals surface area contributed by atoms with Gasteiger partial charge in [-0.1, -0.05) is 15.9 Å². The Kier molecular flexibility index (Phi) is 11.6. The van der Waals surface area contributed by atoms with Crippen LogP contribution in [-0.2, 0) is 9.53 Å². The minimum atomic E-state index is -0.206. The second-order valence-electron chi connectivity index (χ2n) is 1.34. The second-order valence-corrected chi connectivity index (χ2v) is 2.37. The Morgan fingerprint density at radius 1 is 1.64 bits per heavy atom. The number of carbonyl (C=O) groups is 1. The van der Waals surface area contributed by atoms with E-state index in [4.69, 9.17) is 0 Å². The average Bonchev–Trinajstić information content (AvgIpc) is 1.87. The van der Waals surface area contributed by atoms with Gasteiger partial charge >= 0.3 is 5.97 Å². The minimum absolute atomic E-state index is 0.000000000000000222. The quantitative estimate of drug-likeness (QED) is 0.409. The van der Waals surface area contributed by atoms with Crippen molar-refractivity contribution < 1.29 is 9.53 Å². The highest BCUT2D eigenvalue weighted by Crippen LogP contribution is 1.82. The number of hydrogen-bond donors (Lipinski definition) is 2. The van der Waals surface area contributed by atoms with Gasteiger partial charge in [-0.15, -0.1) is 0 Å². The van der Waals surface area contributed by atoms with Crippen LogP contribution in [0.5, 0.6) is 0 Å². The molecule has 6 heteroatoms. The predicted molar refractivity (Wildman–Crippen MR) is 51.4 cm³/mol. The summed E-state index contributed by atoms with van der Waals surface area (Å²) in [6.45, 7) is 2.24. The van der Waals surface area contributed by atoms with Crippen LogP contribution in [0.2, 0.25) is 0 Å². The molecule has 0 radical (unpaired) electrons. The molecular weight excluding hydrogens is 232 g/mol. The van der Waals surface area contributed by atoms with Gasteiger partial charge in [0.1, 0.15) is 5.33 Å². The Morgan fingerprint density at radius 3 is 2.09 bits per heavy atom. The van der Waals surface area contributed by atoms with E-state index in [2.05, 4.69) is 44.4 Å². The van der Waals surface area contributed by atoms with Crippen molar-refractivity contribution in [2.75, 3.05) is 11.9 Å². The maximum atomic E-state index is 10.1. The first-order valence-electron chi connectivity index (χ1n) is 2.81. The van der Waals surface area contributed by atoms with Gasteiger partial charge in [0.25, 0.3) is 0 Å². The number of thiocarbonyl (C=S) groups is 1. The lowest BCUT2D eigenvalue weighted by atomic mass is 10.8. The summed E-state index contributed by atoms with van der Waals surface area (Å²) in [5.74, 6) is -0.206. The van der Waals surface area contributed by atoms with Gasteiger partial charge in [0.05, 0.1) is 6.61 Å². The Bertz CT molecular complexity index is 128. The summed E-state index contributed by atoms with van der Waals surface area (Å²) in [4.78, 5) is 10.1. The highest BCUT2D eigenvalue weighted by molar-refractivity contribution is 9.09. The number of carbonyl (C=O) groups excluding carboxylic acids is 1. The van der Waals surface area contributed by atoms with Gasteiger partial charge in [-0.25, -0.2) is 0 Å². The monoisotopic (exact) mass is 242 g/mol. The first-order valence-corrected chi connectivity index (χ1v) is 4.34. The van der Waals surface area contributed by atoms with Crippen molar-refractivity contribution in [1.29, 1.82) is 0 Å². The van der Waals surface area contributed by atoms with Crippen LogP contribution in [0.3, 0.4) is 0 Å². The van der Waals surface area contributed by atoms with E-state index in [9.17, 15) is 4.79 Å². The van der Waals surface area contributed by atoms with Crippen LogP contribution >= 0.6 is 28.1 Å². The summed E-state index contributed by atoms with van der Waals surface area (Å²) >= 11 is 7.03. The van der Waals surface area contributed by atoms with Crippen molar-refractivity contribution >= 4 is 39.2 Å². The van der Waals surface area contributed by atoms with E-state index < -0.39 is 0 Å². The summed E-state index contributed by atoms with van der Waals surface area (Å²) in [6.07, 6.45) is 0. The van der Waals surface area contributed by atoms with E-state index in [0.717, 1.165) is 0 Å². The lowest BCUT2D eigenvalue weighted by Gasteiger charge is -1.92. The summed E-state index contributed by atoms with van der Waals surface area (Å²) in [7, 11) is 0. The molecule has 66 valence electrons. The highest BCUT2D eigenvalue weighted by Gasteiger charge is 1.92. The van der Waals surface area contributed by atoms with Gasteiger partial charge in [-0.3, -0.25) is 4.79 Å². The molecule has 0 fully saturated rings. The molecule has 0 aromatic carbocycles. The number of alkyl halides is 1. The molecular formula is C5H11BrN2O2S. The minimum Gasteiger partial charge on any atom is -0.465 e. The molecule has 4 N–H and O–H groups in total. The molecule has 0 heterocycles. The van der Waals surface area contributed by atoms with Crippen molar-refractivity contribution in [3.63, 3.8) is 0 Å². The standard InChI is InChI=1S/C4H7BrO2.CH4N2S/c1-2-7-4(6)3-5;2-1(3)4/h2-3H2,1H3;(H4,2,3,4). The van der Waals surface area contributed by atoms with Crippen molar-refractivity contribution in [3.8, 4) is 0 Å². The average molecular weight is 243 g/mol. The molecule has 0 aromatic heterocycles. The van der Waals surface area contributed by atoms with E-state index in [0.29, 0.717) is 11.9 Å². The van der Waals surface area contributed by atoms with E-state index in [1.54, 1.807) is 6.92 Å². The zero-order valence-corrected chi connectivity index (χ0v) is 8.57. The molecule has 0 aromatic rings. The molecule has 0 atom stereocenters. The third-order valence-electron chi connectivity index (χ3n) is 0.414. The number of hydrogen-bond acceptors (Lipinski definition) is 3. The Hall–Kier alpha value is -0.360. The maximum absolute atomic E-state index is 10.1. The molecule has 11 heavy (non-hydrogen) atoms. The number of nitrogens with two attached hydrogens (primary N) is 2. The molecule has 4 nitrogen and oxygen atoms in total. The van der Waals surface area contributed by atoms with Crippen molar-refractivity contribution in [3.05, 3.63) is 0 Å². The van der Waals surface area contributed by atoms with Gasteiger partial charge in [-0.05, 0) is 19.1 Å².